The molecular formula is C18H22N2O3S. The molecule has 128 valence electrons. The summed E-state index contributed by atoms with van der Waals surface area (Å²) < 4.78 is 6.82. The Morgan fingerprint density at radius 1 is 1.17 bits per heavy atom. The number of aromatic nitrogens is 1. The van der Waals surface area contributed by atoms with Crippen LogP contribution in [0.2, 0.25) is 0 Å². The molecule has 0 aromatic carbocycles. The third-order valence-electron chi connectivity index (χ3n) is 4.74. The van der Waals surface area contributed by atoms with Crippen molar-refractivity contribution in [1.29, 1.82) is 0 Å². The van der Waals surface area contributed by atoms with Crippen molar-refractivity contribution in [2.75, 3.05) is 20.2 Å². The maximum Gasteiger partial charge on any atom is 0.308 e. The molecule has 24 heavy (non-hydrogen) atoms. The molecule has 0 saturated carbocycles. The molecule has 5 nitrogen and oxygen atoms in total. The maximum atomic E-state index is 13.1. The fraction of sp³-hybridized carbons (Fsp3) is 0.444. The molecule has 0 spiro atoms. The van der Waals surface area contributed by atoms with Gasteiger partial charge in [0.05, 0.1) is 18.6 Å². The molecule has 2 aromatic rings. The molecule has 0 aliphatic carbocycles. The maximum absolute atomic E-state index is 13.1. The second-order valence-electron chi connectivity index (χ2n) is 6.14. The zero-order valence-electron chi connectivity index (χ0n) is 14.2. The Kier molecular flexibility index (Phi) is 4.76. The highest BCUT2D eigenvalue weighted by Gasteiger charge is 2.31. The van der Waals surface area contributed by atoms with Crippen LogP contribution < -0.4 is 0 Å². The summed E-state index contributed by atoms with van der Waals surface area (Å²) in [6, 6.07) is 3.92. The molecule has 1 fully saturated rings. The van der Waals surface area contributed by atoms with Gasteiger partial charge in [0.1, 0.15) is 5.00 Å². The van der Waals surface area contributed by atoms with E-state index >= 15 is 0 Å². The number of methoxy groups -OCH3 is 1. The minimum Gasteiger partial charge on any atom is -0.469 e. The van der Waals surface area contributed by atoms with Crippen molar-refractivity contribution >= 4 is 23.2 Å². The van der Waals surface area contributed by atoms with Gasteiger partial charge in [-0.05, 0) is 44.4 Å². The first-order valence-corrected chi connectivity index (χ1v) is 8.95. The molecular weight excluding hydrogens is 324 g/mol. The van der Waals surface area contributed by atoms with Crippen LogP contribution in [0.1, 0.15) is 33.6 Å². The van der Waals surface area contributed by atoms with Gasteiger partial charge in [-0.1, -0.05) is 0 Å². The van der Waals surface area contributed by atoms with Crippen molar-refractivity contribution in [2.45, 2.75) is 26.7 Å². The van der Waals surface area contributed by atoms with E-state index in [-0.39, 0.29) is 17.8 Å². The number of nitrogens with zero attached hydrogens (tertiary/aromatic N) is 2. The fourth-order valence-electron chi connectivity index (χ4n) is 3.16. The van der Waals surface area contributed by atoms with Crippen LogP contribution >= 0.6 is 11.3 Å². The summed E-state index contributed by atoms with van der Waals surface area (Å²) in [7, 11) is 1.42. The predicted octanol–water partition coefficient (Wildman–Crippen LogP) is 3.18. The number of carbonyl (C=O) groups excluding carboxylic acids is 2. The lowest BCUT2D eigenvalue weighted by molar-refractivity contribution is -0.146. The molecule has 6 heteroatoms. The second kappa shape index (κ2) is 6.81. The van der Waals surface area contributed by atoms with Gasteiger partial charge in [0.15, 0.2) is 0 Å². The quantitative estimate of drug-likeness (QED) is 0.802. The Morgan fingerprint density at radius 3 is 2.38 bits per heavy atom. The molecule has 3 heterocycles. The van der Waals surface area contributed by atoms with Crippen LogP contribution in [0.4, 0.5) is 0 Å². The van der Waals surface area contributed by atoms with Crippen LogP contribution in [0, 0.1) is 19.8 Å². The highest BCUT2D eigenvalue weighted by molar-refractivity contribution is 7.15. The van der Waals surface area contributed by atoms with Crippen LogP contribution in [0.3, 0.4) is 0 Å². The first-order valence-electron chi connectivity index (χ1n) is 8.13. The Labute approximate surface area is 145 Å². The van der Waals surface area contributed by atoms with Gasteiger partial charge < -0.3 is 14.2 Å². The summed E-state index contributed by atoms with van der Waals surface area (Å²) in [6.07, 6.45) is 5.26. The number of likely N-dealkylation sites (tertiary alicyclic amines) is 1. The van der Waals surface area contributed by atoms with Crippen molar-refractivity contribution in [2.24, 2.45) is 5.92 Å². The summed E-state index contributed by atoms with van der Waals surface area (Å²) in [5.74, 6) is -0.199. The molecule has 0 unspecified atom stereocenters. The van der Waals surface area contributed by atoms with Gasteiger partial charge in [0.25, 0.3) is 5.91 Å². The third kappa shape index (κ3) is 2.98. The van der Waals surface area contributed by atoms with E-state index in [0.29, 0.717) is 25.9 Å². The van der Waals surface area contributed by atoms with E-state index in [0.717, 1.165) is 21.0 Å². The molecule has 0 N–H and O–H groups in total. The average molecular weight is 346 g/mol. The first kappa shape index (κ1) is 16.8. The first-order chi connectivity index (χ1) is 11.5. The van der Waals surface area contributed by atoms with Gasteiger partial charge in [-0.15, -0.1) is 11.3 Å². The number of carbonyl (C=O) groups is 2. The smallest absolute Gasteiger partial charge is 0.308 e. The Morgan fingerprint density at radius 2 is 1.79 bits per heavy atom. The monoisotopic (exact) mass is 346 g/mol. The van der Waals surface area contributed by atoms with Gasteiger partial charge in [-0.25, -0.2) is 0 Å². The van der Waals surface area contributed by atoms with E-state index in [4.69, 9.17) is 4.74 Å². The molecule has 1 aliphatic rings. The molecule has 2 aromatic heterocycles. The van der Waals surface area contributed by atoms with Crippen molar-refractivity contribution in [3.8, 4) is 5.00 Å². The summed E-state index contributed by atoms with van der Waals surface area (Å²) in [5.41, 5.74) is 1.83. The minimum atomic E-state index is -0.169. The van der Waals surface area contributed by atoms with Crippen molar-refractivity contribution < 1.29 is 14.3 Å². The largest absolute Gasteiger partial charge is 0.469 e. The lowest BCUT2D eigenvalue weighted by atomic mass is 9.96. The topological polar surface area (TPSA) is 51.5 Å². The summed E-state index contributed by atoms with van der Waals surface area (Å²) in [5, 5.41) is 0.968. The van der Waals surface area contributed by atoms with E-state index in [1.165, 1.54) is 7.11 Å². The molecule has 0 atom stereocenters. The van der Waals surface area contributed by atoms with Crippen LogP contribution in [0.15, 0.2) is 24.5 Å². The SMILES string of the molecule is COC(=O)C1CCN(C(=O)c2c(-n3cccc3)sc(C)c2C)CC1. The summed E-state index contributed by atoms with van der Waals surface area (Å²) in [4.78, 5) is 27.8. The van der Waals surface area contributed by atoms with Crippen LogP contribution in [-0.4, -0.2) is 41.5 Å². The number of esters is 1. The minimum absolute atomic E-state index is 0.0591. The average Bonchev–Trinajstić information content (AvgIpc) is 3.23. The van der Waals surface area contributed by atoms with E-state index in [9.17, 15) is 9.59 Å². The van der Waals surface area contributed by atoms with Gasteiger partial charge in [0.2, 0.25) is 0 Å². The van der Waals surface area contributed by atoms with Gasteiger partial charge in [0, 0.05) is 30.4 Å². The predicted molar refractivity (Wildman–Crippen MR) is 93.8 cm³/mol. The number of aryl methyl sites for hydroxylation is 1. The zero-order chi connectivity index (χ0) is 17.3. The zero-order valence-corrected chi connectivity index (χ0v) is 15.1. The Balaban J connectivity index is 1.83. The number of amides is 1. The molecule has 1 aliphatic heterocycles. The molecule has 0 bridgehead atoms. The van der Waals surface area contributed by atoms with Gasteiger partial charge in [-0.3, -0.25) is 9.59 Å². The number of thiophene rings is 1. The number of hydrogen-bond acceptors (Lipinski definition) is 4. The van der Waals surface area contributed by atoms with Crippen molar-refractivity contribution in [1.82, 2.24) is 9.47 Å². The standard InChI is InChI=1S/C18H22N2O3S/c1-12-13(2)24-17(20-8-4-5-9-20)15(12)16(21)19-10-6-14(7-11-19)18(22)23-3/h4-5,8-9,14H,6-7,10-11H2,1-3H3. The second-order valence-corrected chi connectivity index (χ2v) is 7.35. The molecule has 3 rings (SSSR count). The normalized spacial score (nSPS) is 15.5. The van der Waals surface area contributed by atoms with Gasteiger partial charge >= 0.3 is 5.97 Å². The lowest BCUT2D eigenvalue weighted by Gasteiger charge is -2.31. The lowest BCUT2D eigenvalue weighted by Crippen LogP contribution is -2.40. The Hall–Kier alpha value is -2.08. The molecule has 0 radical (unpaired) electrons. The number of rotatable bonds is 3. The number of ether oxygens (including phenoxy) is 1. The number of hydrogen-bond donors (Lipinski definition) is 0. The molecule has 1 saturated heterocycles. The van der Waals surface area contributed by atoms with Crippen molar-refractivity contribution in [3.05, 3.63) is 40.5 Å². The Bertz CT molecular complexity index is 741. The highest BCUT2D eigenvalue weighted by atomic mass is 32.1. The van der Waals surface area contributed by atoms with E-state index in [1.807, 2.05) is 47.8 Å². The van der Waals surface area contributed by atoms with Crippen molar-refractivity contribution in [3.63, 3.8) is 0 Å². The van der Waals surface area contributed by atoms with E-state index < -0.39 is 0 Å². The van der Waals surface area contributed by atoms with Crippen LogP contribution in [-0.2, 0) is 9.53 Å². The third-order valence-corrected chi connectivity index (χ3v) is 5.96. The highest BCUT2D eigenvalue weighted by Crippen LogP contribution is 2.33. The van der Waals surface area contributed by atoms with E-state index in [1.54, 1.807) is 11.3 Å². The van der Waals surface area contributed by atoms with E-state index in [2.05, 4.69) is 0 Å². The summed E-state index contributed by atoms with van der Waals surface area (Å²) in [6.45, 7) is 5.25. The van der Waals surface area contributed by atoms with Gasteiger partial charge in [-0.2, -0.15) is 0 Å². The molecule has 1 amide bonds. The van der Waals surface area contributed by atoms with Crippen LogP contribution in [0.25, 0.3) is 5.00 Å². The fourth-order valence-corrected chi connectivity index (χ4v) is 4.27. The number of piperidine rings is 1. The summed E-state index contributed by atoms with van der Waals surface area (Å²) >= 11 is 1.64. The van der Waals surface area contributed by atoms with Crippen LogP contribution in [0.5, 0.6) is 0 Å².